The highest BCUT2D eigenvalue weighted by Gasteiger charge is 2.12. The zero-order chi connectivity index (χ0) is 14.1. The van der Waals surface area contributed by atoms with E-state index in [0.717, 1.165) is 33.7 Å². The summed E-state index contributed by atoms with van der Waals surface area (Å²) in [6.07, 6.45) is 0.419. The van der Waals surface area contributed by atoms with Gasteiger partial charge in [0.2, 0.25) is 0 Å². The molecule has 0 amide bonds. The van der Waals surface area contributed by atoms with Crippen molar-refractivity contribution in [3.63, 3.8) is 0 Å². The summed E-state index contributed by atoms with van der Waals surface area (Å²) in [5, 5.41) is 2.19. The number of alkyl halides is 1. The number of hydrogen-bond acceptors (Lipinski definition) is 1. The van der Waals surface area contributed by atoms with Crippen LogP contribution in [0.25, 0.3) is 21.8 Å². The van der Waals surface area contributed by atoms with Crippen LogP contribution in [0.1, 0.15) is 12.5 Å². The topological polar surface area (TPSA) is 22.0 Å². The lowest BCUT2D eigenvalue weighted by atomic mass is 10.1. The molecule has 2 nitrogen and oxygen atoms in total. The van der Waals surface area contributed by atoms with Gasteiger partial charge in [0, 0.05) is 28.2 Å². The molecule has 1 heterocycles. The molecule has 102 valence electrons. The van der Waals surface area contributed by atoms with E-state index in [1.54, 1.807) is 6.92 Å². The van der Waals surface area contributed by atoms with Crippen LogP contribution in [-0.2, 0) is 17.8 Å². The predicted molar refractivity (Wildman–Crippen MR) is 79.8 cm³/mol. The zero-order valence-corrected chi connectivity index (χ0v) is 11.3. The largest absolute Gasteiger partial charge is 0.338 e. The van der Waals surface area contributed by atoms with Crippen LogP contribution in [0.5, 0.6) is 0 Å². The fourth-order valence-electron chi connectivity index (χ4n) is 2.77. The molecular formula is C17H16FNO. The zero-order valence-electron chi connectivity index (χ0n) is 11.3. The maximum absolute atomic E-state index is 13.5. The molecule has 3 heteroatoms. The molecule has 0 bridgehead atoms. The summed E-state index contributed by atoms with van der Waals surface area (Å²) in [7, 11) is 0. The van der Waals surface area contributed by atoms with Gasteiger partial charge >= 0.3 is 0 Å². The Bertz CT molecular complexity index is 773. The lowest BCUT2D eigenvalue weighted by Crippen LogP contribution is -2.07. The number of fused-ring (bicyclic) bond motifs is 3. The van der Waals surface area contributed by atoms with Crippen molar-refractivity contribution in [1.82, 2.24) is 4.57 Å². The number of nitrogens with zero attached hydrogens (tertiary/aromatic N) is 1. The van der Waals surface area contributed by atoms with Gasteiger partial charge < -0.3 is 9.36 Å². The number of benzene rings is 2. The first-order chi connectivity index (χ1) is 9.70. The van der Waals surface area contributed by atoms with E-state index in [1.165, 1.54) is 0 Å². The van der Waals surface area contributed by atoms with Gasteiger partial charge in [-0.2, -0.15) is 0 Å². The maximum atomic E-state index is 13.5. The van der Waals surface area contributed by atoms with E-state index in [4.69, 9.17) is 0 Å². The Morgan fingerprint density at radius 2 is 1.90 bits per heavy atom. The number of para-hydroxylation sites is 1. The molecule has 0 spiro atoms. The van der Waals surface area contributed by atoms with Crippen molar-refractivity contribution in [3.8, 4) is 0 Å². The molecule has 3 aromatic rings. The molecule has 1 unspecified atom stereocenters. The van der Waals surface area contributed by atoms with Crippen LogP contribution in [0, 0.1) is 0 Å². The fourth-order valence-corrected chi connectivity index (χ4v) is 2.77. The highest BCUT2D eigenvalue weighted by Crippen LogP contribution is 2.30. The quantitative estimate of drug-likeness (QED) is 0.658. The molecule has 0 radical (unpaired) electrons. The van der Waals surface area contributed by atoms with Gasteiger partial charge in [0.1, 0.15) is 12.5 Å². The van der Waals surface area contributed by atoms with Gasteiger partial charge in [-0.3, -0.25) is 0 Å². The normalized spacial score (nSPS) is 12.9. The fraction of sp³-hybridized carbons (Fsp3) is 0.235. The molecule has 0 aliphatic carbocycles. The molecule has 1 atom stereocenters. The highest BCUT2D eigenvalue weighted by molar-refractivity contribution is 6.08. The standard InChI is InChI=1S/C17H16FNO/c1-12(18)11-19-16-5-3-2-4-14(16)15-10-13(8-9-20)6-7-17(15)19/h2-7,9-10,12H,8,11H2,1H3. The molecule has 20 heavy (non-hydrogen) atoms. The van der Waals surface area contributed by atoms with E-state index in [0.29, 0.717) is 13.0 Å². The van der Waals surface area contributed by atoms with Crippen LogP contribution in [0.15, 0.2) is 42.5 Å². The second-order valence-electron chi connectivity index (χ2n) is 5.13. The van der Waals surface area contributed by atoms with Gasteiger partial charge in [0.25, 0.3) is 0 Å². The highest BCUT2D eigenvalue weighted by atomic mass is 19.1. The van der Waals surface area contributed by atoms with Crippen LogP contribution < -0.4 is 0 Å². The van der Waals surface area contributed by atoms with Crippen molar-refractivity contribution in [2.24, 2.45) is 0 Å². The Kier molecular flexibility index (Phi) is 3.26. The van der Waals surface area contributed by atoms with Crippen molar-refractivity contribution in [2.75, 3.05) is 0 Å². The number of rotatable bonds is 4. The number of halogens is 1. The molecule has 0 saturated carbocycles. The number of carbonyl (C=O) groups is 1. The monoisotopic (exact) mass is 269 g/mol. The summed E-state index contributed by atoms with van der Waals surface area (Å²) in [5.41, 5.74) is 3.05. The third kappa shape index (κ3) is 2.09. The van der Waals surface area contributed by atoms with Gasteiger partial charge in [-0.05, 0) is 30.7 Å². The Morgan fingerprint density at radius 3 is 2.65 bits per heavy atom. The summed E-state index contributed by atoms with van der Waals surface area (Å²) < 4.78 is 15.5. The average Bonchev–Trinajstić information content (AvgIpc) is 2.73. The van der Waals surface area contributed by atoms with Crippen molar-refractivity contribution in [2.45, 2.75) is 26.1 Å². The molecule has 0 N–H and O–H groups in total. The Morgan fingerprint density at radius 1 is 1.15 bits per heavy atom. The first-order valence-electron chi connectivity index (χ1n) is 6.78. The van der Waals surface area contributed by atoms with Crippen molar-refractivity contribution < 1.29 is 9.18 Å². The second-order valence-corrected chi connectivity index (χ2v) is 5.13. The summed E-state index contributed by atoms with van der Waals surface area (Å²) in [4.78, 5) is 10.7. The minimum atomic E-state index is -0.899. The van der Waals surface area contributed by atoms with Crippen LogP contribution >= 0.6 is 0 Å². The number of hydrogen-bond donors (Lipinski definition) is 0. The van der Waals surface area contributed by atoms with E-state index >= 15 is 0 Å². The smallest absolute Gasteiger partial charge is 0.124 e. The lowest BCUT2D eigenvalue weighted by Gasteiger charge is -2.08. The van der Waals surface area contributed by atoms with Gasteiger partial charge in [0.15, 0.2) is 0 Å². The molecule has 3 rings (SSSR count). The Labute approximate surface area is 116 Å². The molecule has 0 saturated heterocycles. The van der Waals surface area contributed by atoms with E-state index in [-0.39, 0.29) is 0 Å². The molecular weight excluding hydrogens is 253 g/mol. The third-order valence-corrected chi connectivity index (χ3v) is 3.59. The summed E-state index contributed by atoms with van der Waals surface area (Å²) >= 11 is 0. The first kappa shape index (κ1) is 12.9. The van der Waals surface area contributed by atoms with E-state index in [9.17, 15) is 9.18 Å². The van der Waals surface area contributed by atoms with Gasteiger partial charge in [0.05, 0.1) is 6.54 Å². The third-order valence-electron chi connectivity index (χ3n) is 3.59. The van der Waals surface area contributed by atoms with Crippen LogP contribution in [0.3, 0.4) is 0 Å². The summed E-state index contributed by atoms with van der Waals surface area (Å²) in [6.45, 7) is 1.92. The molecule has 1 aromatic heterocycles. The van der Waals surface area contributed by atoms with E-state index in [1.807, 2.05) is 47.0 Å². The lowest BCUT2D eigenvalue weighted by molar-refractivity contribution is -0.107. The van der Waals surface area contributed by atoms with Gasteiger partial charge in [-0.1, -0.05) is 24.3 Å². The Hall–Kier alpha value is -2.16. The van der Waals surface area contributed by atoms with E-state index < -0.39 is 6.17 Å². The number of carbonyl (C=O) groups excluding carboxylic acids is 1. The van der Waals surface area contributed by atoms with E-state index in [2.05, 4.69) is 0 Å². The molecule has 0 aliphatic heterocycles. The van der Waals surface area contributed by atoms with Crippen LogP contribution in [0.2, 0.25) is 0 Å². The van der Waals surface area contributed by atoms with Crippen LogP contribution in [0.4, 0.5) is 4.39 Å². The first-order valence-corrected chi connectivity index (χ1v) is 6.78. The van der Waals surface area contributed by atoms with Crippen molar-refractivity contribution >= 4 is 28.1 Å². The number of aldehydes is 1. The molecule has 0 fully saturated rings. The minimum Gasteiger partial charge on any atom is -0.338 e. The summed E-state index contributed by atoms with van der Waals surface area (Å²) in [6, 6.07) is 14.0. The SMILES string of the molecule is CC(F)Cn1c2ccccc2c2cc(CC=O)ccc21. The van der Waals surface area contributed by atoms with Gasteiger partial charge in [-0.25, -0.2) is 4.39 Å². The predicted octanol–water partition coefficient (Wildman–Crippen LogP) is 3.89. The van der Waals surface area contributed by atoms with Gasteiger partial charge in [-0.15, -0.1) is 0 Å². The summed E-state index contributed by atoms with van der Waals surface area (Å²) in [5.74, 6) is 0. The number of aromatic nitrogens is 1. The molecule has 2 aromatic carbocycles. The molecule has 0 aliphatic rings. The second kappa shape index (κ2) is 5.08. The van der Waals surface area contributed by atoms with Crippen LogP contribution in [-0.4, -0.2) is 17.0 Å². The average molecular weight is 269 g/mol. The van der Waals surface area contributed by atoms with Crippen molar-refractivity contribution in [3.05, 3.63) is 48.0 Å². The Balaban J connectivity index is 2.31. The maximum Gasteiger partial charge on any atom is 0.124 e. The van der Waals surface area contributed by atoms with Crippen molar-refractivity contribution in [1.29, 1.82) is 0 Å². The minimum absolute atomic E-state index is 0.344.